The van der Waals surface area contributed by atoms with Crippen molar-refractivity contribution in [1.29, 1.82) is 0 Å². The number of amides is 1. The van der Waals surface area contributed by atoms with Gasteiger partial charge in [0.1, 0.15) is 0 Å². The van der Waals surface area contributed by atoms with Crippen LogP contribution in [0.1, 0.15) is 19.8 Å². The molecule has 21 heavy (non-hydrogen) atoms. The van der Waals surface area contributed by atoms with E-state index in [1.54, 1.807) is 4.90 Å². The Bertz CT molecular complexity index is 473. The summed E-state index contributed by atoms with van der Waals surface area (Å²) in [6.07, 6.45) is 1.52. The summed E-state index contributed by atoms with van der Waals surface area (Å²) in [6, 6.07) is 10.1. The zero-order valence-electron chi connectivity index (χ0n) is 12.2. The smallest absolute Gasteiger partial charge is 0.409 e. The summed E-state index contributed by atoms with van der Waals surface area (Å²) in [5, 5.41) is 7.08. The highest BCUT2D eigenvalue weighted by molar-refractivity contribution is 7.80. The molecule has 2 N–H and O–H groups in total. The number of nitrogens with zero attached hydrogens (tertiary/aromatic N) is 1. The molecule has 1 amide bonds. The highest BCUT2D eigenvalue weighted by Crippen LogP contribution is 2.12. The summed E-state index contributed by atoms with van der Waals surface area (Å²) in [6.45, 7) is 3.64. The lowest BCUT2D eigenvalue weighted by Gasteiger charge is -2.32. The Morgan fingerprint density at radius 1 is 1.33 bits per heavy atom. The van der Waals surface area contributed by atoms with Crippen LogP contribution in [-0.4, -0.2) is 41.8 Å². The number of rotatable bonds is 3. The van der Waals surface area contributed by atoms with Gasteiger partial charge in [0.2, 0.25) is 0 Å². The molecule has 1 aromatic rings. The zero-order chi connectivity index (χ0) is 15.1. The predicted molar refractivity (Wildman–Crippen MR) is 87.4 cm³/mol. The van der Waals surface area contributed by atoms with Crippen LogP contribution in [-0.2, 0) is 4.74 Å². The first-order valence-electron chi connectivity index (χ1n) is 7.23. The molecular formula is C15H21N3O2S. The van der Waals surface area contributed by atoms with E-state index in [-0.39, 0.29) is 6.09 Å². The van der Waals surface area contributed by atoms with Gasteiger partial charge in [0.15, 0.2) is 5.11 Å². The van der Waals surface area contributed by atoms with Gasteiger partial charge in [0.05, 0.1) is 6.61 Å². The van der Waals surface area contributed by atoms with Crippen LogP contribution in [0.4, 0.5) is 10.5 Å². The van der Waals surface area contributed by atoms with Crippen LogP contribution >= 0.6 is 12.2 Å². The Labute approximate surface area is 130 Å². The average molecular weight is 307 g/mol. The molecule has 5 nitrogen and oxygen atoms in total. The van der Waals surface area contributed by atoms with Crippen molar-refractivity contribution in [3.05, 3.63) is 30.3 Å². The second-order valence-corrected chi connectivity index (χ2v) is 5.33. The first kappa shape index (κ1) is 15.6. The monoisotopic (exact) mass is 307 g/mol. The van der Waals surface area contributed by atoms with Crippen LogP contribution < -0.4 is 10.6 Å². The lowest BCUT2D eigenvalue weighted by atomic mass is 10.1. The third-order valence-corrected chi connectivity index (χ3v) is 3.61. The zero-order valence-corrected chi connectivity index (χ0v) is 13.0. The lowest BCUT2D eigenvalue weighted by Crippen LogP contribution is -2.47. The minimum Gasteiger partial charge on any atom is -0.450 e. The second kappa shape index (κ2) is 7.83. The molecule has 1 heterocycles. The van der Waals surface area contributed by atoms with Crippen molar-refractivity contribution < 1.29 is 9.53 Å². The molecule has 6 heteroatoms. The number of hydrogen-bond donors (Lipinski definition) is 2. The van der Waals surface area contributed by atoms with Gasteiger partial charge in [-0.2, -0.15) is 0 Å². The molecule has 114 valence electrons. The number of anilines is 1. The van der Waals surface area contributed by atoms with Gasteiger partial charge in [-0.05, 0) is 44.1 Å². The summed E-state index contributed by atoms with van der Waals surface area (Å²) in [4.78, 5) is 13.4. The summed E-state index contributed by atoms with van der Waals surface area (Å²) in [5.41, 5.74) is 0.971. The summed E-state index contributed by atoms with van der Waals surface area (Å²) in [7, 11) is 0. The highest BCUT2D eigenvalue weighted by Gasteiger charge is 2.23. The van der Waals surface area contributed by atoms with E-state index in [1.165, 1.54) is 0 Å². The third kappa shape index (κ3) is 4.90. The minimum atomic E-state index is -0.221. The first-order valence-corrected chi connectivity index (χ1v) is 7.64. The van der Waals surface area contributed by atoms with Crippen LogP contribution in [0.2, 0.25) is 0 Å². The number of ether oxygens (including phenoxy) is 1. The van der Waals surface area contributed by atoms with Gasteiger partial charge in [-0.25, -0.2) is 4.79 Å². The van der Waals surface area contributed by atoms with E-state index in [4.69, 9.17) is 17.0 Å². The normalized spacial score (nSPS) is 15.4. The Hall–Kier alpha value is -1.82. The van der Waals surface area contributed by atoms with Gasteiger partial charge in [-0.15, -0.1) is 0 Å². The molecule has 1 saturated heterocycles. The van der Waals surface area contributed by atoms with E-state index in [9.17, 15) is 4.79 Å². The summed E-state index contributed by atoms with van der Waals surface area (Å²) < 4.78 is 5.01. The molecule has 1 aliphatic heterocycles. The SMILES string of the molecule is CCOC(=O)N1CCC(NC(=S)Nc2ccccc2)CC1. The van der Waals surface area contributed by atoms with Crippen molar-refractivity contribution in [3.63, 3.8) is 0 Å². The van der Waals surface area contributed by atoms with E-state index in [2.05, 4.69) is 10.6 Å². The van der Waals surface area contributed by atoms with Crippen LogP contribution in [0.25, 0.3) is 0 Å². The molecule has 1 fully saturated rings. The van der Waals surface area contributed by atoms with Crippen LogP contribution in [0, 0.1) is 0 Å². The molecule has 0 aliphatic carbocycles. The maximum absolute atomic E-state index is 11.6. The number of nitrogens with one attached hydrogen (secondary N) is 2. The van der Waals surface area contributed by atoms with Crippen molar-refractivity contribution in [1.82, 2.24) is 10.2 Å². The van der Waals surface area contributed by atoms with E-state index >= 15 is 0 Å². The molecule has 1 aliphatic rings. The number of benzene rings is 1. The molecular weight excluding hydrogens is 286 g/mol. The van der Waals surface area contributed by atoms with Crippen molar-refractivity contribution in [2.45, 2.75) is 25.8 Å². The van der Waals surface area contributed by atoms with Gasteiger partial charge in [0.25, 0.3) is 0 Å². The average Bonchev–Trinajstić information content (AvgIpc) is 2.49. The molecule has 0 spiro atoms. The van der Waals surface area contributed by atoms with E-state index in [0.29, 0.717) is 30.9 Å². The Balaban J connectivity index is 1.73. The second-order valence-electron chi connectivity index (χ2n) is 4.92. The van der Waals surface area contributed by atoms with Gasteiger partial charge in [-0.1, -0.05) is 18.2 Å². The highest BCUT2D eigenvalue weighted by atomic mass is 32.1. The lowest BCUT2D eigenvalue weighted by molar-refractivity contribution is 0.0964. The fourth-order valence-electron chi connectivity index (χ4n) is 2.30. The van der Waals surface area contributed by atoms with Gasteiger partial charge in [-0.3, -0.25) is 0 Å². The maximum atomic E-state index is 11.6. The molecule has 0 bridgehead atoms. The summed E-state index contributed by atoms with van der Waals surface area (Å²) >= 11 is 5.31. The van der Waals surface area contributed by atoms with Crippen molar-refractivity contribution in [3.8, 4) is 0 Å². The minimum absolute atomic E-state index is 0.221. The standard InChI is InChI=1S/C15H21N3O2S/c1-2-20-15(19)18-10-8-13(9-11-18)17-14(21)16-12-6-4-3-5-7-12/h3-7,13H,2,8-11H2,1H3,(H2,16,17,21). The van der Waals surface area contributed by atoms with E-state index in [1.807, 2.05) is 37.3 Å². The Morgan fingerprint density at radius 2 is 2.00 bits per heavy atom. The molecule has 0 saturated carbocycles. The predicted octanol–water partition coefficient (Wildman–Crippen LogP) is 2.59. The molecule has 1 aromatic carbocycles. The summed E-state index contributed by atoms with van der Waals surface area (Å²) in [5.74, 6) is 0. The van der Waals surface area contributed by atoms with Crippen LogP contribution in [0.3, 0.4) is 0 Å². The number of para-hydroxylation sites is 1. The van der Waals surface area contributed by atoms with Crippen molar-refractivity contribution in [2.75, 3.05) is 25.0 Å². The topological polar surface area (TPSA) is 53.6 Å². The molecule has 0 atom stereocenters. The molecule has 0 radical (unpaired) electrons. The fourth-order valence-corrected chi connectivity index (χ4v) is 2.58. The molecule has 0 aromatic heterocycles. The first-order chi connectivity index (χ1) is 10.2. The van der Waals surface area contributed by atoms with E-state index in [0.717, 1.165) is 18.5 Å². The maximum Gasteiger partial charge on any atom is 0.409 e. The Morgan fingerprint density at radius 3 is 2.62 bits per heavy atom. The fraction of sp³-hybridized carbons (Fsp3) is 0.467. The van der Waals surface area contributed by atoms with E-state index < -0.39 is 0 Å². The van der Waals surface area contributed by atoms with Crippen LogP contribution in [0.15, 0.2) is 30.3 Å². The van der Waals surface area contributed by atoms with Crippen molar-refractivity contribution >= 4 is 29.1 Å². The third-order valence-electron chi connectivity index (χ3n) is 3.39. The largest absolute Gasteiger partial charge is 0.450 e. The number of piperidine rings is 1. The molecule has 2 rings (SSSR count). The van der Waals surface area contributed by atoms with Crippen LogP contribution in [0.5, 0.6) is 0 Å². The number of hydrogen-bond acceptors (Lipinski definition) is 3. The number of thiocarbonyl (C=S) groups is 1. The number of carbonyl (C=O) groups is 1. The number of likely N-dealkylation sites (tertiary alicyclic amines) is 1. The number of carbonyl (C=O) groups excluding carboxylic acids is 1. The Kier molecular flexibility index (Phi) is 5.80. The quantitative estimate of drug-likeness (QED) is 0.841. The van der Waals surface area contributed by atoms with Gasteiger partial charge in [0, 0.05) is 24.8 Å². The van der Waals surface area contributed by atoms with Crippen molar-refractivity contribution in [2.24, 2.45) is 0 Å². The van der Waals surface area contributed by atoms with Gasteiger partial charge < -0.3 is 20.3 Å². The van der Waals surface area contributed by atoms with Gasteiger partial charge >= 0.3 is 6.09 Å². The molecule has 0 unspecified atom stereocenters.